The van der Waals surface area contributed by atoms with E-state index in [1.54, 1.807) is 19.3 Å². The van der Waals surface area contributed by atoms with Crippen LogP contribution < -0.4 is 10.9 Å². The van der Waals surface area contributed by atoms with E-state index < -0.39 is 5.41 Å². The van der Waals surface area contributed by atoms with E-state index >= 15 is 0 Å². The van der Waals surface area contributed by atoms with Gasteiger partial charge in [-0.05, 0) is 61.9 Å². The second-order valence-electron chi connectivity index (χ2n) is 10.1. The molecule has 6 rings (SSSR count). The number of nitrogens with zero attached hydrogens (tertiary/aromatic N) is 4. The van der Waals surface area contributed by atoms with Crippen LogP contribution in [0.2, 0.25) is 5.02 Å². The molecule has 8 nitrogen and oxygen atoms in total. The van der Waals surface area contributed by atoms with E-state index in [9.17, 15) is 9.59 Å². The molecular formula is C27H27ClN6O2. The van der Waals surface area contributed by atoms with Crippen LogP contribution in [-0.4, -0.2) is 50.7 Å². The number of nitrogens with one attached hydrogen (secondary N) is 2. The van der Waals surface area contributed by atoms with Crippen LogP contribution >= 0.6 is 11.6 Å². The van der Waals surface area contributed by atoms with Crippen molar-refractivity contribution in [2.24, 2.45) is 0 Å². The minimum absolute atomic E-state index is 0.00502. The molecule has 0 radical (unpaired) electrons. The summed E-state index contributed by atoms with van der Waals surface area (Å²) in [5.74, 6) is 1.70. The number of carbonyl (C=O) groups excluding carboxylic acids is 1. The Labute approximate surface area is 213 Å². The molecule has 9 heteroatoms. The van der Waals surface area contributed by atoms with E-state index in [0.29, 0.717) is 40.8 Å². The molecule has 0 bridgehead atoms. The van der Waals surface area contributed by atoms with Crippen molar-refractivity contribution in [1.82, 2.24) is 24.6 Å². The molecular weight excluding hydrogens is 476 g/mol. The Morgan fingerprint density at radius 2 is 1.97 bits per heavy atom. The number of benzene rings is 2. The van der Waals surface area contributed by atoms with Crippen molar-refractivity contribution < 1.29 is 4.79 Å². The average Bonchev–Trinajstić information content (AvgIpc) is 3.44. The predicted octanol–water partition coefficient (Wildman–Crippen LogP) is 4.46. The minimum Gasteiger partial charge on any atom is -0.373 e. The molecule has 2 aromatic carbocycles. The Balaban J connectivity index is 1.34. The van der Waals surface area contributed by atoms with Gasteiger partial charge in [0, 0.05) is 20.1 Å². The normalized spacial score (nSPS) is 16.7. The average molecular weight is 503 g/mol. The summed E-state index contributed by atoms with van der Waals surface area (Å²) in [5, 5.41) is 10.7. The second-order valence-corrected chi connectivity index (χ2v) is 10.5. The molecule has 36 heavy (non-hydrogen) atoms. The first-order valence-electron chi connectivity index (χ1n) is 12.2. The van der Waals surface area contributed by atoms with Crippen LogP contribution in [0.3, 0.4) is 0 Å². The number of carbonyl (C=O) groups is 1. The second kappa shape index (κ2) is 8.20. The van der Waals surface area contributed by atoms with Gasteiger partial charge in [0.1, 0.15) is 17.2 Å². The fraction of sp³-hybridized carbons (Fsp3) is 0.333. The molecule has 4 heterocycles. The van der Waals surface area contributed by atoms with Gasteiger partial charge in [0.15, 0.2) is 0 Å². The van der Waals surface area contributed by atoms with Gasteiger partial charge in [-0.2, -0.15) is 10.1 Å². The highest BCUT2D eigenvalue weighted by molar-refractivity contribution is 6.35. The lowest BCUT2D eigenvalue weighted by atomic mass is 9.83. The van der Waals surface area contributed by atoms with Crippen LogP contribution in [0.4, 0.5) is 5.82 Å². The summed E-state index contributed by atoms with van der Waals surface area (Å²) in [6.07, 6.45) is 3.33. The predicted molar refractivity (Wildman–Crippen MR) is 140 cm³/mol. The Morgan fingerprint density at radius 3 is 2.72 bits per heavy atom. The quantitative estimate of drug-likeness (QED) is 0.431. The van der Waals surface area contributed by atoms with Crippen LogP contribution in [-0.2, 0) is 5.41 Å². The van der Waals surface area contributed by atoms with Crippen molar-refractivity contribution in [3.8, 4) is 5.69 Å². The summed E-state index contributed by atoms with van der Waals surface area (Å²) in [7, 11) is 1.77. The van der Waals surface area contributed by atoms with Crippen LogP contribution in [0.5, 0.6) is 0 Å². The number of aromatic nitrogens is 4. The number of anilines is 1. The number of halogens is 1. The van der Waals surface area contributed by atoms with Gasteiger partial charge in [0.05, 0.1) is 33.2 Å². The molecule has 2 aromatic heterocycles. The smallest absolute Gasteiger partial charge is 0.282 e. The summed E-state index contributed by atoms with van der Waals surface area (Å²) >= 11 is 6.42. The van der Waals surface area contributed by atoms with Gasteiger partial charge in [-0.25, -0.2) is 0 Å². The third-order valence-corrected chi connectivity index (χ3v) is 8.05. The summed E-state index contributed by atoms with van der Waals surface area (Å²) < 4.78 is 2.10. The summed E-state index contributed by atoms with van der Waals surface area (Å²) in [4.78, 5) is 32.3. The fourth-order valence-corrected chi connectivity index (χ4v) is 6.00. The molecule has 1 saturated heterocycles. The number of amides is 1. The van der Waals surface area contributed by atoms with Crippen molar-refractivity contribution in [1.29, 1.82) is 0 Å². The van der Waals surface area contributed by atoms with E-state index in [1.165, 1.54) is 5.56 Å². The molecule has 2 N–H and O–H groups in total. The van der Waals surface area contributed by atoms with Crippen molar-refractivity contribution in [3.05, 3.63) is 80.5 Å². The zero-order chi connectivity index (χ0) is 25.2. The Morgan fingerprint density at radius 1 is 1.19 bits per heavy atom. The van der Waals surface area contributed by atoms with E-state index in [0.717, 1.165) is 35.4 Å². The maximum Gasteiger partial charge on any atom is 0.282 e. The monoisotopic (exact) mass is 502 g/mol. The number of piperidine rings is 1. The number of H-pyrrole nitrogens is 1. The zero-order valence-corrected chi connectivity index (χ0v) is 21.2. The molecule has 4 aromatic rings. The first-order chi connectivity index (χ1) is 17.3. The maximum atomic E-state index is 13.0. The molecule has 0 aliphatic carbocycles. The van der Waals surface area contributed by atoms with Crippen molar-refractivity contribution in [2.45, 2.75) is 38.0 Å². The van der Waals surface area contributed by atoms with Gasteiger partial charge < -0.3 is 10.2 Å². The third kappa shape index (κ3) is 3.27. The van der Waals surface area contributed by atoms with Crippen molar-refractivity contribution in [3.63, 3.8) is 0 Å². The number of likely N-dealkylation sites (tertiary alicyclic amines) is 1. The van der Waals surface area contributed by atoms with Gasteiger partial charge in [0.25, 0.3) is 11.5 Å². The SMILES string of the molecule is CNc1[nH]ncc1C(=O)N1CCC(c2ccc3c(c2)-n2c(nc(=O)c4c(Cl)cccc42)C3(C)C)CC1. The number of rotatable bonds is 3. The first kappa shape index (κ1) is 22.8. The molecule has 0 atom stereocenters. The number of hydrogen-bond acceptors (Lipinski definition) is 5. The molecule has 0 saturated carbocycles. The van der Waals surface area contributed by atoms with E-state index in [1.807, 2.05) is 17.0 Å². The van der Waals surface area contributed by atoms with Gasteiger partial charge >= 0.3 is 0 Å². The largest absolute Gasteiger partial charge is 0.373 e. The van der Waals surface area contributed by atoms with Gasteiger partial charge in [0.2, 0.25) is 0 Å². The highest BCUT2D eigenvalue weighted by Crippen LogP contribution is 2.44. The van der Waals surface area contributed by atoms with Crippen LogP contribution in [0.25, 0.3) is 16.6 Å². The molecule has 1 fully saturated rings. The molecule has 2 aliphatic heterocycles. The lowest BCUT2D eigenvalue weighted by Gasteiger charge is -2.32. The molecule has 0 spiro atoms. The Bertz CT molecular complexity index is 1580. The molecule has 1 amide bonds. The number of aromatic amines is 1. The van der Waals surface area contributed by atoms with Crippen LogP contribution in [0, 0.1) is 0 Å². The molecule has 184 valence electrons. The summed E-state index contributed by atoms with van der Waals surface area (Å²) in [5.41, 5.74) is 4.06. The van der Waals surface area contributed by atoms with E-state index in [4.69, 9.17) is 11.6 Å². The van der Waals surface area contributed by atoms with E-state index in [-0.39, 0.29) is 11.5 Å². The van der Waals surface area contributed by atoms with Crippen molar-refractivity contribution in [2.75, 3.05) is 25.5 Å². The van der Waals surface area contributed by atoms with Crippen LogP contribution in [0.15, 0.2) is 47.4 Å². The Hall–Kier alpha value is -3.65. The van der Waals surface area contributed by atoms with Crippen molar-refractivity contribution >= 4 is 34.2 Å². The summed E-state index contributed by atoms with van der Waals surface area (Å²) in [6, 6.07) is 12.1. The fourth-order valence-electron chi connectivity index (χ4n) is 5.75. The lowest BCUT2D eigenvalue weighted by molar-refractivity contribution is 0.0714. The van der Waals surface area contributed by atoms with E-state index in [2.05, 4.69) is 57.1 Å². The minimum atomic E-state index is -0.408. The van der Waals surface area contributed by atoms with Crippen LogP contribution in [0.1, 0.15) is 59.9 Å². The Kier molecular flexibility index (Phi) is 5.19. The van der Waals surface area contributed by atoms with Gasteiger partial charge in [-0.1, -0.05) is 29.8 Å². The topological polar surface area (TPSA) is 95.9 Å². The highest BCUT2D eigenvalue weighted by atomic mass is 35.5. The molecule has 2 aliphatic rings. The van der Waals surface area contributed by atoms with Gasteiger partial charge in [-0.3, -0.25) is 19.3 Å². The summed E-state index contributed by atoms with van der Waals surface area (Å²) in [6.45, 7) is 5.58. The third-order valence-electron chi connectivity index (χ3n) is 7.73. The standard InChI is InChI=1S/C27H27ClN6O2/c1-27(2)18-8-7-16(15-9-11-33(12-10-15)25(36)17-14-30-32-23(17)29-3)13-21(18)34-20-6-4-5-19(28)22(20)24(35)31-26(27)34/h4-8,13-15H,9-12H2,1-3H3,(H2,29,30,32). The van der Waals surface area contributed by atoms with Gasteiger partial charge in [-0.15, -0.1) is 0 Å². The molecule has 0 unspecified atom stereocenters. The highest BCUT2D eigenvalue weighted by Gasteiger charge is 2.39. The maximum absolute atomic E-state index is 13.0. The zero-order valence-electron chi connectivity index (χ0n) is 20.4. The lowest BCUT2D eigenvalue weighted by Crippen LogP contribution is -2.38. The number of fused-ring (bicyclic) bond motifs is 5. The first-order valence-corrected chi connectivity index (χ1v) is 12.6. The number of hydrogen-bond donors (Lipinski definition) is 2.